The van der Waals surface area contributed by atoms with Gasteiger partial charge in [0.05, 0.1) is 23.4 Å². The average Bonchev–Trinajstić information content (AvgIpc) is 3.11. The first kappa shape index (κ1) is 18.9. The Balaban J connectivity index is 1.76. The maximum absolute atomic E-state index is 13.6. The SMILES string of the molecule is O=S(=O)(NCCO)c1ccc(-c2nnn(Cc3ncc(F)cc3F)n2)cc1. The Kier molecular flexibility index (Phi) is 5.48. The maximum Gasteiger partial charge on any atom is 0.240 e. The van der Waals surface area contributed by atoms with Crippen molar-refractivity contribution in [1.82, 2.24) is 29.9 Å². The fraction of sp³-hybridized carbons (Fsp3) is 0.200. The van der Waals surface area contributed by atoms with Crippen molar-refractivity contribution >= 4 is 10.0 Å². The summed E-state index contributed by atoms with van der Waals surface area (Å²) in [7, 11) is -3.72. The van der Waals surface area contributed by atoms with Crippen molar-refractivity contribution in [2.24, 2.45) is 0 Å². The summed E-state index contributed by atoms with van der Waals surface area (Å²) in [6, 6.07) is 6.41. The van der Waals surface area contributed by atoms with Crippen LogP contribution in [0.5, 0.6) is 0 Å². The number of hydrogen-bond acceptors (Lipinski definition) is 7. The number of nitrogens with zero attached hydrogens (tertiary/aromatic N) is 5. The number of tetrazole rings is 1. The summed E-state index contributed by atoms with van der Waals surface area (Å²) in [5.41, 5.74) is 0.451. The molecule has 2 N–H and O–H groups in total. The molecule has 0 fully saturated rings. The smallest absolute Gasteiger partial charge is 0.240 e. The topological polar surface area (TPSA) is 123 Å². The molecule has 9 nitrogen and oxygen atoms in total. The number of aromatic nitrogens is 5. The second-order valence-electron chi connectivity index (χ2n) is 5.37. The molecule has 0 amide bonds. The number of benzene rings is 1. The van der Waals surface area contributed by atoms with Crippen LogP contribution in [0.1, 0.15) is 5.69 Å². The molecular weight excluding hydrogens is 382 g/mol. The quantitative estimate of drug-likeness (QED) is 0.590. The third-order valence-electron chi connectivity index (χ3n) is 3.45. The van der Waals surface area contributed by atoms with Crippen LogP contribution in [0.3, 0.4) is 0 Å². The van der Waals surface area contributed by atoms with Gasteiger partial charge in [0.25, 0.3) is 0 Å². The molecule has 0 spiro atoms. The number of halogens is 2. The summed E-state index contributed by atoms with van der Waals surface area (Å²) in [5, 5.41) is 20.4. The van der Waals surface area contributed by atoms with Gasteiger partial charge < -0.3 is 5.11 Å². The number of aliphatic hydroxyl groups is 1. The average molecular weight is 396 g/mol. The van der Waals surface area contributed by atoms with Crippen molar-refractivity contribution in [2.75, 3.05) is 13.2 Å². The Bertz CT molecular complexity index is 1040. The Morgan fingerprint density at radius 1 is 1.19 bits per heavy atom. The molecule has 0 unspecified atom stereocenters. The number of nitrogens with one attached hydrogen (secondary N) is 1. The van der Waals surface area contributed by atoms with Gasteiger partial charge in [-0.25, -0.2) is 21.9 Å². The van der Waals surface area contributed by atoms with Gasteiger partial charge in [0, 0.05) is 18.2 Å². The highest BCUT2D eigenvalue weighted by molar-refractivity contribution is 7.89. The number of hydrogen-bond donors (Lipinski definition) is 2. The van der Waals surface area contributed by atoms with Crippen molar-refractivity contribution in [3.05, 3.63) is 53.9 Å². The molecule has 27 heavy (non-hydrogen) atoms. The molecule has 142 valence electrons. The van der Waals surface area contributed by atoms with E-state index in [4.69, 9.17) is 5.11 Å². The summed E-state index contributed by atoms with van der Waals surface area (Å²) in [6.07, 6.45) is 0.889. The lowest BCUT2D eigenvalue weighted by atomic mass is 10.2. The van der Waals surface area contributed by atoms with Gasteiger partial charge >= 0.3 is 0 Å². The molecule has 0 aliphatic carbocycles. The maximum atomic E-state index is 13.6. The number of rotatable bonds is 7. The summed E-state index contributed by atoms with van der Waals surface area (Å²) in [6.45, 7) is -0.543. The Hall–Kier alpha value is -2.83. The molecule has 1 aromatic carbocycles. The first-order valence-corrected chi connectivity index (χ1v) is 9.16. The fourth-order valence-corrected chi connectivity index (χ4v) is 3.19. The Morgan fingerprint density at radius 3 is 2.59 bits per heavy atom. The van der Waals surface area contributed by atoms with E-state index in [1.165, 1.54) is 24.3 Å². The van der Waals surface area contributed by atoms with E-state index in [0.717, 1.165) is 11.0 Å². The first-order chi connectivity index (χ1) is 12.9. The largest absolute Gasteiger partial charge is 0.395 e. The van der Waals surface area contributed by atoms with Gasteiger partial charge in [-0.15, -0.1) is 10.2 Å². The lowest BCUT2D eigenvalue weighted by Gasteiger charge is -2.05. The van der Waals surface area contributed by atoms with Crippen molar-refractivity contribution in [3.8, 4) is 11.4 Å². The predicted octanol–water partition coefficient (Wildman–Crippen LogP) is 0.332. The van der Waals surface area contributed by atoms with Gasteiger partial charge in [-0.05, 0) is 29.5 Å². The van der Waals surface area contributed by atoms with E-state index < -0.39 is 21.7 Å². The molecule has 2 aromatic heterocycles. The normalized spacial score (nSPS) is 11.7. The zero-order chi connectivity index (χ0) is 19.4. The number of sulfonamides is 1. The van der Waals surface area contributed by atoms with Crippen LogP contribution in [0.15, 0.2) is 41.4 Å². The van der Waals surface area contributed by atoms with Gasteiger partial charge in [0.1, 0.15) is 18.2 Å². The van der Waals surface area contributed by atoms with E-state index >= 15 is 0 Å². The van der Waals surface area contributed by atoms with E-state index in [-0.39, 0.29) is 36.1 Å². The van der Waals surface area contributed by atoms with Crippen LogP contribution in [0.4, 0.5) is 8.78 Å². The van der Waals surface area contributed by atoms with Crippen LogP contribution in [0, 0.1) is 11.6 Å². The molecule has 0 saturated carbocycles. The van der Waals surface area contributed by atoms with Crippen LogP contribution in [0.2, 0.25) is 0 Å². The third kappa shape index (κ3) is 4.48. The monoisotopic (exact) mass is 396 g/mol. The molecule has 12 heteroatoms. The minimum absolute atomic E-state index is 0.0182. The Labute approximate surface area is 152 Å². The van der Waals surface area contributed by atoms with Crippen molar-refractivity contribution in [2.45, 2.75) is 11.4 Å². The zero-order valence-electron chi connectivity index (χ0n) is 13.7. The van der Waals surface area contributed by atoms with Crippen molar-refractivity contribution < 1.29 is 22.3 Å². The Morgan fingerprint density at radius 2 is 1.93 bits per heavy atom. The highest BCUT2D eigenvalue weighted by Crippen LogP contribution is 2.17. The van der Waals surface area contributed by atoms with Crippen LogP contribution in [0.25, 0.3) is 11.4 Å². The number of pyridine rings is 1. The van der Waals surface area contributed by atoms with E-state index in [0.29, 0.717) is 11.6 Å². The minimum atomic E-state index is -3.72. The van der Waals surface area contributed by atoms with Crippen LogP contribution in [-0.4, -0.2) is 51.9 Å². The highest BCUT2D eigenvalue weighted by Gasteiger charge is 2.15. The molecule has 0 bridgehead atoms. The van der Waals surface area contributed by atoms with Crippen LogP contribution < -0.4 is 4.72 Å². The van der Waals surface area contributed by atoms with Gasteiger partial charge in [-0.2, -0.15) is 4.80 Å². The molecule has 0 radical (unpaired) electrons. The van der Waals surface area contributed by atoms with Gasteiger partial charge in [-0.3, -0.25) is 4.98 Å². The molecule has 0 aliphatic heterocycles. The second-order valence-corrected chi connectivity index (χ2v) is 7.14. The van der Waals surface area contributed by atoms with E-state index in [2.05, 4.69) is 25.1 Å². The molecule has 3 rings (SSSR count). The molecule has 0 saturated heterocycles. The van der Waals surface area contributed by atoms with Crippen LogP contribution in [-0.2, 0) is 16.6 Å². The van der Waals surface area contributed by atoms with E-state index in [9.17, 15) is 17.2 Å². The molecule has 0 atom stereocenters. The fourth-order valence-electron chi connectivity index (χ4n) is 2.17. The highest BCUT2D eigenvalue weighted by atomic mass is 32.2. The van der Waals surface area contributed by atoms with Gasteiger partial charge in [0.2, 0.25) is 15.8 Å². The third-order valence-corrected chi connectivity index (χ3v) is 4.93. The molecule has 3 aromatic rings. The standard InChI is InChI=1S/C15H14F2N6O3S/c16-11-7-13(17)14(18-8-11)9-23-21-15(20-22-23)10-1-3-12(4-2-10)27(25,26)19-5-6-24/h1-4,7-8,19,24H,5-6,9H2. The van der Waals surface area contributed by atoms with Crippen LogP contribution >= 0.6 is 0 Å². The lowest BCUT2D eigenvalue weighted by molar-refractivity contribution is 0.301. The molecule has 0 aliphatic rings. The summed E-state index contributed by atoms with van der Waals surface area (Å²) in [4.78, 5) is 4.76. The second kappa shape index (κ2) is 7.82. The van der Waals surface area contributed by atoms with Gasteiger partial charge in [0.15, 0.2) is 0 Å². The number of aliphatic hydroxyl groups excluding tert-OH is 1. The summed E-state index contributed by atoms with van der Waals surface area (Å²) in [5.74, 6) is -1.41. The van der Waals surface area contributed by atoms with Crippen molar-refractivity contribution in [1.29, 1.82) is 0 Å². The molecular formula is C15H14F2N6O3S. The van der Waals surface area contributed by atoms with Crippen molar-refractivity contribution in [3.63, 3.8) is 0 Å². The predicted molar refractivity (Wildman–Crippen MR) is 88.8 cm³/mol. The van der Waals surface area contributed by atoms with E-state index in [1.807, 2.05) is 0 Å². The van der Waals surface area contributed by atoms with Gasteiger partial charge in [-0.1, -0.05) is 0 Å². The summed E-state index contributed by atoms with van der Waals surface area (Å²) >= 11 is 0. The van der Waals surface area contributed by atoms with E-state index in [1.54, 1.807) is 0 Å². The first-order valence-electron chi connectivity index (χ1n) is 7.68. The lowest BCUT2D eigenvalue weighted by Crippen LogP contribution is -2.26. The zero-order valence-corrected chi connectivity index (χ0v) is 14.6. The minimum Gasteiger partial charge on any atom is -0.395 e. The molecule has 2 heterocycles. The summed E-state index contributed by atoms with van der Waals surface area (Å²) < 4.78 is 52.7.